The minimum atomic E-state index is -4.48. The van der Waals surface area contributed by atoms with Crippen LogP contribution in [0.1, 0.15) is 29.0 Å². The van der Waals surface area contributed by atoms with Gasteiger partial charge in [0.2, 0.25) is 0 Å². The molecule has 0 aromatic heterocycles. The highest BCUT2D eigenvalue weighted by Crippen LogP contribution is 2.37. The first-order valence-corrected chi connectivity index (χ1v) is 8.37. The lowest BCUT2D eigenvalue weighted by Crippen LogP contribution is -2.33. The van der Waals surface area contributed by atoms with Gasteiger partial charge in [0.1, 0.15) is 5.75 Å². The van der Waals surface area contributed by atoms with Crippen molar-refractivity contribution < 1.29 is 22.3 Å². The van der Waals surface area contributed by atoms with Crippen LogP contribution in [-0.4, -0.2) is 12.5 Å². The van der Waals surface area contributed by atoms with Crippen LogP contribution in [0.5, 0.6) is 5.75 Å². The van der Waals surface area contributed by atoms with Crippen molar-refractivity contribution in [2.24, 2.45) is 0 Å². The third-order valence-corrected chi connectivity index (χ3v) is 5.01. The summed E-state index contributed by atoms with van der Waals surface area (Å²) in [5, 5.41) is 0. The molecule has 0 radical (unpaired) electrons. The van der Waals surface area contributed by atoms with Crippen LogP contribution in [0.15, 0.2) is 46.9 Å². The summed E-state index contributed by atoms with van der Waals surface area (Å²) in [5.41, 5.74) is 3.30. The molecule has 2 aromatic carbocycles. The molecule has 0 saturated carbocycles. The highest BCUT2D eigenvalue weighted by Gasteiger charge is 2.44. The molecule has 1 aliphatic rings. The Morgan fingerprint density at radius 1 is 1.12 bits per heavy atom. The molecule has 2 aromatic rings. The van der Waals surface area contributed by atoms with E-state index in [-0.39, 0.29) is 11.7 Å². The Morgan fingerprint density at radius 3 is 2.62 bits per heavy atom. The molecule has 0 aliphatic heterocycles. The molecule has 1 aliphatic carbocycles. The SMILES string of the molecule is FC(F)C(F)(F)Oc1cccc(C2CCc3c(Br)cccc3C2)c1. The molecule has 0 spiro atoms. The molecule has 1 atom stereocenters. The van der Waals surface area contributed by atoms with Crippen LogP contribution < -0.4 is 4.74 Å². The Balaban J connectivity index is 1.80. The first kappa shape index (κ1) is 17.3. The minimum absolute atomic E-state index is 0.149. The fourth-order valence-corrected chi connectivity index (χ4v) is 3.68. The van der Waals surface area contributed by atoms with Crippen LogP contribution in [-0.2, 0) is 12.8 Å². The normalized spacial score (nSPS) is 17.7. The average molecular weight is 403 g/mol. The number of hydrogen-bond donors (Lipinski definition) is 0. The lowest BCUT2D eigenvalue weighted by atomic mass is 9.80. The van der Waals surface area contributed by atoms with Crippen molar-refractivity contribution in [1.29, 1.82) is 0 Å². The van der Waals surface area contributed by atoms with Gasteiger partial charge in [-0.2, -0.15) is 17.6 Å². The van der Waals surface area contributed by atoms with E-state index in [9.17, 15) is 17.6 Å². The quantitative estimate of drug-likeness (QED) is 0.573. The predicted molar refractivity (Wildman–Crippen MR) is 86.9 cm³/mol. The zero-order valence-electron chi connectivity index (χ0n) is 12.6. The van der Waals surface area contributed by atoms with E-state index in [1.54, 1.807) is 6.07 Å². The molecule has 0 saturated heterocycles. The van der Waals surface area contributed by atoms with Crippen molar-refractivity contribution in [2.75, 3.05) is 0 Å². The second-order valence-electron chi connectivity index (χ2n) is 5.85. The van der Waals surface area contributed by atoms with Gasteiger partial charge in [-0.25, -0.2) is 0 Å². The van der Waals surface area contributed by atoms with Crippen molar-refractivity contribution in [3.05, 3.63) is 63.6 Å². The fourth-order valence-electron chi connectivity index (χ4n) is 3.08. The van der Waals surface area contributed by atoms with E-state index >= 15 is 0 Å². The van der Waals surface area contributed by atoms with Gasteiger partial charge in [-0.15, -0.1) is 0 Å². The molecular weight excluding hydrogens is 388 g/mol. The van der Waals surface area contributed by atoms with Crippen LogP contribution in [0.25, 0.3) is 0 Å². The van der Waals surface area contributed by atoms with Gasteiger partial charge in [0.05, 0.1) is 0 Å². The van der Waals surface area contributed by atoms with E-state index in [2.05, 4.69) is 26.7 Å². The summed E-state index contributed by atoms with van der Waals surface area (Å²) >= 11 is 3.54. The number of hydrogen-bond acceptors (Lipinski definition) is 1. The number of rotatable bonds is 4. The third kappa shape index (κ3) is 3.58. The van der Waals surface area contributed by atoms with Crippen molar-refractivity contribution >= 4 is 15.9 Å². The van der Waals surface area contributed by atoms with E-state index in [1.807, 2.05) is 18.2 Å². The van der Waals surface area contributed by atoms with Crippen LogP contribution in [0.2, 0.25) is 0 Å². The van der Waals surface area contributed by atoms with Gasteiger partial charge in [0.25, 0.3) is 0 Å². The molecule has 0 bridgehead atoms. The van der Waals surface area contributed by atoms with Crippen molar-refractivity contribution in [3.8, 4) is 5.75 Å². The molecule has 0 heterocycles. The average Bonchev–Trinajstić information content (AvgIpc) is 2.54. The number of alkyl halides is 4. The molecule has 1 nitrogen and oxygen atoms in total. The summed E-state index contributed by atoms with van der Waals surface area (Å²) in [5.74, 6) is -0.0895. The van der Waals surface area contributed by atoms with Crippen molar-refractivity contribution in [2.45, 2.75) is 37.7 Å². The summed E-state index contributed by atoms with van der Waals surface area (Å²) in [6, 6.07) is 12.1. The van der Waals surface area contributed by atoms with E-state index in [4.69, 9.17) is 0 Å². The Labute approximate surface area is 145 Å². The summed E-state index contributed by atoms with van der Waals surface area (Å²) in [6.07, 6.45) is -5.82. The van der Waals surface area contributed by atoms with Crippen LogP contribution >= 0.6 is 15.9 Å². The molecule has 128 valence electrons. The molecular formula is C18H15BrF4O. The second-order valence-corrected chi connectivity index (χ2v) is 6.71. The third-order valence-electron chi connectivity index (χ3n) is 4.26. The smallest absolute Gasteiger partial charge is 0.428 e. The van der Waals surface area contributed by atoms with E-state index in [0.29, 0.717) is 0 Å². The minimum Gasteiger partial charge on any atom is -0.428 e. The Bertz CT molecular complexity index is 733. The van der Waals surface area contributed by atoms with E-state index < -0.39 is 12.5 Å². The fraction of sp³-hybridized carbons (Fsp3) is 0.333. The Kier molecular flexibility index (Phi) is 4.85. The number of benzene rings is 2. The van der Waals surface area contributed by atoms with Gasteiger partial charge >= 0.3 is 12.5 Å². The molecule has 0 fully saturated rings. The zero-order chi connectivity index (χ0) is 17.3. The lowest BCUT2D eigenvalue weighted by Gasteiger charge is -2.26. The summed E-state index contributed by atoms with van der Waals surface area (Å²) in [7, 11) is 0. The lowest BCUT2D eigenvalue weighted by molar-refractivity contribution is -0.253. The molecule has 0 N–H and O–H groups in total. The van der Waals surface area contributed by atoms with E-state index in [0.717, 1.165) is 29.3 Å². The molecule has 24 heavy (non-hydrogen) atoms. The maximum atomic E-state index is 13.1. The largest absolute Gasteiger partial charge is 0.461 e. The Hall–Kier alpha value is -1.56. The summed E-state index contributed by atoms with van der Waals surface area (Å²) < 4.78 is 56.0. The standard InChI is InChI=1S/C18H15BrF4O/c19-16-6-2-4-13-9-12(7-8-15(13)16)11-3-1-5-14(10-11)24-18(22,23)17(20)21/h1-6,10,12,17H,7-9H2. The van der Waals surface area contributed by atoms with Crippen LogP contribution in [0, 0.1) is 0 Å². The topological polar surface area (TPSA) is 9.23 Å². The molecule has 3 rings (SSSR count). The Morgan fingerprint density at radius 2 is 1.88 bits per heavy atom. The van der Waals surface area contributed by atoms with Gasteiger partial charge in [0.15, 0.2) is 0 Å². The van der Waals surface area contributed by atoms with Gasteiger partial charge in [0, 0.05) is 4.47 Å². The number of fused-ring (bicyclic) bond motifs is 1. The molecule has 6 heteroatoms. The first-order valence-electron chi connectivity index (χ1n) is 7.58. The highest BCUT2D eigenvalue weighted by atomic mass is 79.9. The van der Waals surface area contributed by atoms with Crippen molar-refractivity contribution in [1.82, 2.24) is 0 Å². The maximum absolute atomic E-state index is 13.1. The monoisotopic (exact) mass is 402 g/mol. The summed E-state index contributed by atoms with van der Waals surface area (Å²) in [6.45, 7) is 0. The number of halogens is 5. The molecule has 1 unspecified atom stereocenters. The van der Waals surface area contributed by atoms with Gasteiger partial charge in [-0.05, 0) is 60.1 Å². The molecule has 0 amide bonds. The highest BCUT2D eigenvalue weighted by molar-refractivity contribution is 9.10. The van der Waals surface area contributed by atoms with Gasteiger partial charge < -0.3 is 4.74 Å². The van der Waals surface area contributed by atoms with Crippen LogP contribution in [0.4, 0.5) is 17.6 Å². The summed E-state index contributed by atoms with van der Waals surface area (Å²) in [4.78, 5) is 0. The second kappa shape index (κ2) is 6.75. The predicted octanol–water partition coefficient (Wildman–Crippen LogP) is 5.96. The van der Waals surface area contributed by atoms with Crippen molar-refractivity contribution in [3.63, 3.8) is 0 Å². The van der Waals surface area contributed by atoms with Gasteiger partial charge in [-0.1, -0.05) is 40.2 Å². The van der Waals surface area contributed by atoms with Crippen LogP contribution in [0.3, 0.4) is 0 Å². The van der Waals surface area contributed by atoms with E-state index in [1.165, 1.54) is 23.3 Å². The first-order chi connectivity index (χ1) is 11.4. The van der Waals surface area contributed by atoms with Gasteiger partial charge in [-0.3, -0.25) is 0 Å². The zero-order valence-corrected chi connectivity index (χ0v) is 14.2. The number of ether oxygens (including phenoxy) is 1. The maximum Gasteiger partial charge on any atom is 0.461 e.